The minimum absolute atomic E-state index is 0. The summed E-state index contributed by atoms with van der Waals surface area (Å²) in [6, 6.07) is 15.6. The minimum Gasteiger partial charge on any atom is -0.341 e. The highest BCUT2D eigenvalue weighted by Crippen LogP contribution is 2.29. The molecule has 0 atom stereocenters. The molecule has 22 heavy (non-hydrogen) atoms. The quantitative estimate of drug-likeness (QED) is 0.702. The van der Waals surface area contributed by atoms with Gasteiger partial charge >= 0.3 is 0 Å². The summed E-state index contributed by atoms with van der Waals surface area (Å²) >= 11 is 0. The topological polar surface area (TPSA) is 17.0 Å². The summed E-state index contributed by atoms with van der Waals surface area (Å²) < 4.78 is 2.40. The van der Waals surface area contributed by atoms with Crippen LogP contribution in [0.5, 0.6) is 0 Å². The van der Waals surface area contributed by atoms with Crippen molar-refractivity contribution in [1.82, 2.24) is 9.88 Å². The third kappa shape index (κ3) is 3.13. The number of nitrogens with zero attached hydrogens (tertiary/aromatic N) is 1. The molecule has 0 radical (unpaired) electrons. The van der Waals surface area contributed by atoms with Crippen molar-refractivity contribution in [2.24, 2.45) is 5.92 Å². The molecule has 0 spiro atoms. The number of halogens is 1. The fourth-order valence-electron chi connectivity index (χ4n) is 3.06. The van der Waals surface area contributed by atoms with Crippen LogP contribution in [0.25, 0.3) is 21.8 Å². The summed E-state index contributed by atoms with van der Waals surface area (Å²) in [6.07, 6.45) is 0. The van der Waals surface area contributed by atoms with Gasteiger partial charge in [-0.05, 0) is 43.1 Å². The molecule has 0 amide bonds. The van der Waals surface area contributed by atoms with Gasteiger partial charge in [0.05, 0.1) is 0 Å². The molecule has 2 nitrogen and oxygen atoms in total. The number of fused-ring (bicyclic) bond motifs is 3. The first kappa shape index (κ1) is 16.9. The van der Waals surface area contributed by atoms with Crippen LogP contribution in [0, 0.1) is 5.92 Å². The van der Waals surface area contributed by atoms with Crippen LogP contribution in [0.4, 0.5) is 0 Å². The molecule has 2 aromatic carbocycles. The largest absolute Gasteiger partial charge is 0.341 e. The van der Waals surface area contributed by atoms with Gasteiger partial charge in [0.25, 0.3) is 0 Å². The van der Waals surface area contributed by atoms with Crippen LogP contribution in [0.1, 0.15) is 26.3 Å². The van der Waals surface area contributed by atoms with Gasteiger partial charge in [0.2, 0.25) is 0 Å². The first-order chi connectivity index (χ1) is 10.2. The molecular formula is C19H25ClN2. The van der Waals surface area contributed by atoms with E-state index in [1.807, 2.05) is 0 Å². The fraction of sp³-hybridized carbons (Fsp3) is 0.368. The van der Waals surface area contributed by atoms with Gasteiger partial charge in [-0.15, -0.1) is 12.4 Å². The van der Waals surface area contributed by atoms with Crippen molar-refractivity contribution in [1.29, 1.82) is 0 Å². The first-order valence-corrected chi connectivity index (χ1v) is 7.91. The highest BCUT2D eigenvalue weighted by molar-refractivity contribution is 6.08. The molecule has 0 bridgehead atoms. The Morgan fingerprint density at radius 2 is 1.73 bits per heavy atom. The second-order valence-corrected chi connectivity index (χ2v) is 6.14. The first-order valence-electron chi connectivity index (χ1n) is 7.91. The lowest BCUT2D eigenvalue weighted by atomic mass is 10.1. The fourth-order valence-corrected chi connectivity index (χ4v) is 3.06. The standard InChI is InChI=1S/C19H24N2.ClH/c1-4-21-18-8-6-5-7-16(18)17-11-15(9-10-19(17)21)13-20-12-14(2)3;/h5-11,14,20H,4,12-13H2,1-3H3;1H. The van der Waals surface area contributed by atoms with E-state index in [-0.39, 0.29) is 12.4 Å². The number of rotatable bonds is 5. The van der Waals surface area contributed by atoms with Crippen LogP contribution < -0.4 is 5.32 Å². The molecule has 3 aromatic rings. The lowest BCUT2D eigenvalue weighted by Crippen LogP contribution is -2.18. The van der Waals surface area contributed by atoms with Gasteiger partial charge < -0.3 is 9.88 Å². The van der Waals surface area contributed by atoms with Gasteiger partial charge in [-0.1, -0.05) is 38.1 Å². The predicted octanol–water partition coefficient (Wildman–Crippen LogP) is 4.98. The average Bonchev–Trinajstić information content (AvgIpc) is 2.80. The number of aryl methyl sites for hydroxylation is 1. The third-order valence-corrected chi connectivity index (χ3v) is 4.03. The Morgan fingerprint density at radius 3 is 2.45 bits per heavy atom. The Labute approximate surface area is 138 Å². The molecule has 0 aliphatic heterocycles. The second-order valence-electron chi connectivity index (χ2n) is 6.14. The Balaban J connectivity index is 0.00000176. The van der Waals surface area contributed by atoms with E-state index in [1.54, 1.807) is 0 Å². The van der Waals surface area contributed by atoms with Crippen molar-refractivity contribution in [3.8, 4) is 0 Å². The van der Waals surface area contributed by atoms with Crippen molar-refractivity contribution in [2.45, 2.75) is 33.9 Å². The van der Waals surface area contributed by atoms with Gasteiger partial charge in [0.15, 0.2) is 0 Å². The van der Waals surface area contributed by atoms with E-state index in [0.29, 0.717) is 5.92 Å². The maximum absolute atomic E-state index is 3.53. The molecule has 0 aliphatic rings. The molecule has 118 valence electrons. The van der Waals surface area contributed by atoms with Crippen molar-refractivity contribution in [3.05, 3.63) is 48.0 Å². The van der Waals surface area contributed by atoms with E-state index < -0.39 is 0 Å². The van der Waals surface area contributed by atoms with E-state index in [4.69, 9.17) is 0 Å². The number of hydrogen-bond acceptors (Lipinski definition) is 1. The second kappa shape index (κ2) is 7.17. The maximum atomic E-state index is 3.53. The minimum atomic E-state index is 0. The van der Waals surface area contributed by atoms with Gasteiger partial charge in [-0.25, -0.2) is 0 Å². The van der Waals surface area contributed by atoms with Crippen molar-refractivity contribution in [2.75, 3.05) is 6.54 Å². The molecule has 0 saturated carbocycles. The van der Waals surface area contributed by atoms with Crippen LogP contribution in [0.2, 0.25) is 0 Å². The summed E-state index contributed by atoms with van der Waals surface area (Å²) in [4.78, 5) is 0. The van der Waals surface area contributed by atoms with E-state index in [2.05, 4.69) is 73.1 Å². The van der Waals surface area contributed by atoms with Crippen molar-refractivity contribution < 1.29 is 0 Å². The highest BCUT2D eigenvalue weighted by atomic mass is 35.5. The van der Waals surface area contributed by atoms with E-state index in [9.17, 15) is 0 Å². The number of hydrogen-bond donors (Lipinski definition) is 1. The average molecular weight is 317 g/mol. The zero-order valence-electron chi connectivity index (χ0n) is 13.6. The molecule has 0 fully saturated rings. The molecule has 1 N–H and O–H groups in total. The SMILES string of the molecule is CCn1c2ccccc2c2cc(CNCC(C)C)ccc21.Cl. The monoisotopic (exact) mass is 316 g/mol. The smallest absolute Gasteiger partial charge is 0.0491 e. The van der Waals surface area contributed by atoms with Crippen LogP contribution in [-0.2, 0) is 13.1 Å². The van der Waals surface area contributed by atoms with Gasteiger partial charge in [0, 0.05) is 34.9 Å². The molecule has 1 heterocycles. The zero-order valence-corrected chi connectivity index (χ0v) is 14.4. The number of benzene rings is 2. The molecule has 0 unspecified atom stereocenters. The highest BCUT2D eigenvalue weighted by Gasteiger charge is 2.09. The molecule has 0 aliphatic carbocycles. The summed E-state index contributed by atoms with van der Waals surface area (Å²) in [5, 5.41) is 6.26. The Kier molecular flexibility index (Phi) is 5.49. The van der Waals surface area contributed by atoms with Gasteiger partial charge in [0.1, 0.15) is 0 Å². The van der Waals surface area contributed by atoms with Gasteiger partial charge in [-0.2, -0.15) is 0 Å². The molecule has 3 rings (SSSR count). The lowest BCUT2D eigenvalue weighted by molar-refractivity contribution is 0.552. The number of para-hydroxylation sites is 1. The van der Waals surface area contributed by atoms with Crippen molar-refractivity contribution >= 4 is 34.2 Å². The summed E-state index contributed by atoms with van der Waals surface area (Å²) in [5.41, 5.74) is 4.04. The molecule has 1 aromatic heterocycles. The lowest BCUT2D eigenvalue weighted by Gasteiger charge is -2.08. The number of aromatic nitrogens is 1. The Morgan fingerprint density at radius 1 is 1.00 bits per heavy atom. The molecule has 0 saturated heterocycles. The van der Waals surface area contributed by atoms with Crippen molar-refractivity contribution in [3.63, 3.8) is 0 Å². The summed E-state index contributed by atoms with van der Waals surface area (Å²) in [5.74, 6) is 0.690. The summed E-state index contributed by atoms with van der Waals surface area (Å²) in [6.45, 7) is 9.71. The molecular weight excluding hydrogens is 292 g/mol. The van der Waals surface area contributed by atoms with E-state index in [0.717, 1.165) is 19.6 Å². The van der Waals surface area contributed by atoms with Gasteiger partial charge in [-0.3, -0.25) is 0 Å². The third-order valence-electron chi connectivity index (χ3n) is 4.03. The van der Waals surface area contributed by atoms with Crippen LogP contribution in [0.15, 0.2) is 42.5 Å². The Bertz CT molecular complexity index is 759. The van der Waals surface area contributed by atoms with Crippen LogP contribution >= 0.6 is 12.4 Å². The van der Waals surface area contributed by atoms with E-state index >= 15 is 0 Å². The normalized spacial score (nSPS) is 11.3. The molecule has 3 heteroatoms. The van der Waals surface area contributed by atoms with Crippen LogP contribution in [-0.4, -0.2) is 11.1 Å². The Hall–Kier alpha value is -1.51. The predicted molar refractivity (Wildman–Crippen MR) is 98.9 cm³/mol. The maximum Gasteiger partial charge on any atom is 0.0491 e. The summed E-state index contributed by atoms with van der Waals surface area (Å²) in [7, 11) is 0. The number of nitrogens with one attached hydrogen (secondary N) is 1. The van der Waals surface area contributed by atoms with E-state index in [1.165, 1.54) is 27.4 Å². The zero-order chi connectivity index (χ0) is 14.8. The van der Waals surface area contributed by atoms with Crippen LogP contribution in [0.3, 0.4) is 0 Å².